The summed E-state index contributed by atoms with van der Waals surface area (Å²) in [7, 11) is 1.68. The zero-order chi connectivity index (χ0) is 22.1. The quantitative estimate of drug-likeness (QED) is 0.686. The SMILES string of the molecule is COc1ccc(CNc2nc(N3CC4CC4C3)ncc2C(=O)NC2CCCCC2)cc1C. The van der Waals surface area contributed by atoms with Crippen LogP contribution in [-0.4, -0.2) is 42.1 Å². The number of fused-ring (bicyclic) bond motifs is 1. The Morgan fingerprint density at radius 3 is 2.69 bits per heavy atom. The lowest BCUT2D eigenvalue weighted by atomic mass is 9.95. The molecule has 2 atom stereocenters. The number of benzene rings is 1. The number of nitrogens with zero attached hydrogens (tertiary/aromatic N) is 3. The van der Waals surface area contributed by atoms with Crippen LogP contribution < -0.4 is 20.3 Å². The topological polar surface area (TPSA) is 79.4 Å². The molecule has 170 valence electrons. The van der Waals surface area contributed by atoms with Crippen LogP contribution in [0.4, 0.5) is 11.8 Å². The lowest BCUT2D eigenvalue weighted by molar-refractivity contribution is 0.0928. The summed E-state index contributed by atoms with van der Waals surface area (Å²) in [5, 5.41) is 6.63. The summed E-state index contributed by atoms with van der Waals surface area (Å²) in [6.07, 6.45) is 8.76. The van der Waals surface area contributed by atoms with Crippen LogP contribution in [0.15, 0.2) is 24.4 Å². The first-order valence-electron chi connectivity index (χ1n) is 11.9. The van der Waals surface area contributed by atoms with Crippen molar-refractivity contribution in [1.29, 1.82) is 0 Å². The number of ether oxygens (including phenoxy) is 1. The van der Waals surface area contributed by atoms with Gasteiger partial charge in [-0.25, -0.2) is 4.98 Å². The monoisotopic (exact) mass is 435 g/mol. The van der Waals surface area contributed by atoms with Gasteiger partial charge in [-0.3, -0.25) is 4.79 Å². The third-order valence-electron chi connectivity index (χ3n) is 7.14. The Bertz CT molecular complexity index is 978. The molecule has 2 aromatic rings. The number of carbonyl (C=O) groups is 1. The molecule has 1 aromatic carbocycles. The number of hydrogen-bond acceptors (Lipinski definition) is 6. The number of amides is 1. The molecule has 7 heteroatoms. The number of rotatable bonds is 7. The van der Waals surface area contributed by atoms with Crippen molar-refractivity contribution in [2.75, 3.05) is 30.4 Å². The van der Waals surface area contributed by atoms with E-state index >= 15 is 0 Å². The number of carbonyl (C=O) groups excluding carboxylic acids is 1. The van der Waals surface area contributed by atoms with Crippen molar-refractivity contribution in [3.8, 4) is 5.75 Å². The third-order valence-corrected chi connectivity index (χ3v) is 7.14. The molecular weight excluding hydrogens is 402 g/mol. The predicted octanol–water partition coefficient (Wildman–Crippen LogP) is 3.92. The first-order chi connectivity index (χ1) is 15.6. The highest BCUT2D eigenvalue weighted by molar-refractivity contribution is 5.98. The maximum absolute atomic E-state index is 13.1. The fraction of sp³-hybridized carbons (Fsp3) is 0.560. The first-order valence-corrected chi connectivity index (χ1v) is 11.9. The molecule has 0 bridgehead atoms. The minimum atomic E-state index is -0.0823. The van der Waals surface area contributed by atoms with Crippen LogP contribution in [0.5, 0.6) is 5.75 Å². The van der Waals surface area contributed by atoms with E-state index in [-0.39, 0.29) is 11.9 Å². The van der Waals surface area contributed by atoms with Crippen LogP contribution >= 0.6 is 0 Å². The Balaban J connectivity index is 1.35. The standard InChI is InChI=1S/C25H33N5O2/c1-16-10-17(8-9-22(16)32-2)12-26-23-21(24(31)28-20-6-4-3-5-7-20)13-27-25(29-23)30-14-18-11-19(18)15-30/h8-10,13,18-20H,3-7,11-12,14-15H2,1-2H3,(H,28,31)(H,26,27,29). The van der Waals surface area contributed by atoms with Crippen LogP contribution in [0.3, 0.4) is 0 Å². The van der Waals surface area contributed by atoms with Crippen molar-refractivity contribution in [3.05, 3.63) is 41.1 Å². The number of nitrogens with one attached hydrogen (secondary N) is 2. The number of methoxy groups -OCH3 is 1. The third kappa shape index (κ3) is 4.52. The summed E-state index contributed by atoms with van der Waals surface area (Å²) in [5.41, 5.74) is 2.72. The molecule has 2 aliphatic carbocycles. The summed E-state index contributed by atoms with van der Waals surface area (Å²) in [6.45, 7) is 4.66. The fourth-order valence-corrected chi connectivity index (χ4v) is 5.13. The smallest absolute Gasteiger partial charge is 0.256 e. The maximum atomic E-state index is 13.1. The van der Waals surface area contributed by atoms with Gasteiger partial charge in [0.2, 0.25) is 5.95 Å². The molecule has 32 heavy (non-hydrogen) atoms. The van der Waals surface area contributed by atoms with E-state index in [9.17, 15) is 4.79 Å². The molecule has 0 spiro atoms. The van der Waals surface area contributed by atoms with Gasteiger partial charge in [0.15, 0.2) is 0 Å². The molecule has 1 saturated heterocycles. The Hall–Kier alpha value is -2.83. The molecule has 2 unspecified atom stereocenters. The summed E-state index contributed by atoms with van der Waals surface area (Å²) >= 11 is 0. The lowest BCUT2D eigenvalue weighted by Gasteiger charge is -2.24. The van der Waals surface area contributed by atoms with E-state index in [0.717, 1.165) is 60.6 Å². The second-order valence-electron chi connectivity index (χ2n) is 9.56. The molecular formula is C25H33N5O2. The molecule has 7 nitrogen and oxygen atoms in total. The van der Waals surface area contributed by atoms with Gasteiger partial charge in [-0.2, -0.15) is 4.98 Å². The molecule has 2 heterocycles. The van der Waals surface area contributed by atoms with Gasteiger partial charge >= 0.3 is 0 Å². The molecule has 3 aliphatic rings. The molecule has 5 rings (SSSR count). The minimum absolute atomic E-state index is 0.0823. The molecule has 2 saturated carbocycles. The summed E-state index contributed by atoms with van der Waals surface area (Å²) in [4.78, 5) is 24.8. The van der Waals surface area contributed by atoms with Crippen molar-refractivity contribution < 1.29 is 9.53 Å². The van der Waals surface area contributed by atoms with Crippen LogP contribution in [-0.2, 0) is 6.54 Å². The van der Waals surface area contributed by atoms with Crippen molar-refractivity contribution in [3.63, 3.8) is 0 Å². The second-order valence-corrected chi connectivity index (χ2v) is 9.56. The number of piperidine rings is 1. The Morgan fingerprint density at radius 1 is 1.19 bits per heavy atom. The normalized spacial score (nSPS) is 22.4. The summed E-state index contributed by atoms with van der Waals surface area (Å²) in [6, 6.07) is 6.37. The highest BCUT2D eigenvalue weighted by atomic mass is 16.5. The van der Waals surface area contributed by atoms with Crippen LogP contribution in [0.2, 0.25) is 0 Å². The fourth-order valence-electron chi connectivity index (χ4n) is 5.13. The van der Waals surface area contributed by atoms with Crippen LogP contribution in [0.1, 0.15) is 60.0 Å². The van der Waals surface area contributed by atoms with Crippen molar-refractivity contribution in [1.82, 2.24) is 15.3 Å². The van der Waals surface area contributed by atoms with E-state index in [1.54, 1.807) is 13.3 Å². The predicted molar refractivity (Wildman–Crippen MR) is 125 cm³/mol. The van der Waals surface area contributed by atoms with E-state index in [0.29, 0.717) is 17.9 Å². The number of aryl methyl sites for hydroxylation is 1. The van der Waals surface area contributed by atoms with Gasteiger partial charge in [-0.15, -0.1) is 0 Å². The largest absolute Gasteiger partial charge is 0.496 e. The van der Waals surface area contributed by atoms with Gasteiger partial charge in [0.25, 0.3) is 5.91 Å². The first kappa shape index (κ1) is 21.0. The molecule has 2 N–H and O–H groups in total. The van der Waals surface area contributed by atoms with Gasteiger partial charge < -0.3 is 20.3 Å². The van der Waals surface area contributed by atoms with Gasteiger partial charge in [0.1, 0.15) is 17.1 Å². The average Bonchev–Trinajstić information content (AvgIpc) is 3.43. The highest BCUT2D eigenvalue weighted by Crippen LogP contribution is 2.45. The van der Waals surface area contributed by atoms with E-state index < -0.39 is 0 Å². The molecule has 3 fully saturated rings. The molecule has 1 aliphatic heterocycles. The minimum Gasteiger partial charge on any atom is -0.496 e. The van der Waals surface area contributed by atoms with Crippen molar-refractivity contribution in [2.45, 2.75) is 58.0 Å². The van der Waals surface area contributed by atoms with Gasteiger partial charge in [0, 0.05) is 31.9 Å². The summed E-state index contributed by atoms with van der Waals surface area (Å²) < 4.78 is 5.37. The maximum Gasteiger partial charge on any atom is 0.256 e. The number of anilines is 2. The van der Waals surface area contributed by atoms with Crippen molar-refractivity contribution >= 4 is 17.7 Å². The summed E-state index contributed by atoms with van der Waals surface area (Å²) in [5.74, 6) is 3.72. The van der Waals surface area contributed by atoms with E-state index in [1.807, 2.05) is 19.1 Å². The van der Waals surface area contributed by atoms with Crippen LogP contribution in [0.25, 0.3) is 0 Å². The van der Waals surface area contributed by atoms with E-state index in [1.165, 1.54) is 25.7 Å². The van der Waals surface area contributed by atoms with Gasteiger partial charge in [-0.1, -0.05) is 31.4 Å². The zero-order valence-electron chi connectivity index (χ0n) is 19.1. The number of hydrogen-bond donors (Lipinski definition) is 2. The van der Waals surface area contributed by atoms with E-state index in [4.69, 9.17) is 9.72 Å². The molecule has 1 aromatic heterocycles. The molecule has 1 amide bonds. The van der Waals surface area contributed by atoms with E-state index in [2.05, 4.69) is 26.6 Å². The molecule has 0 radical (unpaired) electrons. The van der Waals surface area contributed by atoms with Crippen LogP contribution in [0, 0.1) is 18.8 Å². The second kappa shape index (κ2) is 8.96. The average molecular weight is 436 g/mol. The van der Waals surface area contributed by atoms with Crippen molar-refractivity contribution in [2.24, 2.45) is 11.8 Å². The Labute approximate surface area is 190 Å². The lowest BCUT2D eigenvalue weighted by Crippen LogP contribution is -2.37. The Morgan fingerprint density at radius 2 is 1.97 bits per heavy atom. The van der Waals surface area contributed by atoms with Gasteiger partial charge in [0.05, 0.1) is 7.11 Å². The van der Waals surface area contributed by atoms with Gasteiger partial charge in [-0.05, 0) is 55.2 Å². The zero-order valence-corrected chi connectivity index (χ0v) is 19.1. The Kier molecular flexibility index (Phi) is 5.89. The number of aromatic nitrogens is 2. The highest BCUT2D eigenvalue weighted by Gasteiger charge is 2.46.